The largest absolute Gasteiger partial charge is 0.396 e. The molecule has 7 nitrogen and oxygen atoms in total. The molecule has 1 unspecified atom stereocenters. The maximum Gasteiger partial charge on any atom is 0.243 e. The van der Waals surface area contributed by atoms with Crippen molar-refractivity contribution in [2.24, 2.45) is 11.1 Å². The van der Waals surface area contributed by atoms with Gasteiger partial charge in [0.25, 0.3) is 0 Å². The lowest BCUT2D eigenvalue weighted by molar-refractivity contribution is -0.118. The maximum atomic E-state index is 15.6. The minimum atomic E-state index is -1.58. The number of nitrogens with zero attached hydrogens (tertiary/aromatic N) is 2. The van der Waals surface area contributed by atoms with Crippen molar-refractivity contribution in [1.29, 1.82) is 0 Å². The number of nitrogens with one attached hydrogen (secondary N) is 2. The van der Waals surface area contributed by atoms with Crippen molar-refractivity contribution in [2.75, 3.05) is 11.9 Å². The van der Waals surface area contributed by atoms with E-state index in [0.717, 1.165) is 6.07 Å². The first-order valence-corrected chi connectivity index (χ1v) is 13.3. The third kappa shape index (κ3) is 6.07. The fourth-order valence-electron chi connectivity index (χ4n) is 5.27. The zero-order valence-electron chi connectivity index (χ0n) is 21.8. The Hall–Kier alpha value is -2.69. The molecule has 4 atom stereocenters. The number of carbonyl (C=O) groups is 1. The van der Waals surface area contributed by atoms with E-state index in [9.17, 15) is 4.79 Å². The van der Waals surface area contributed by atoms with Crippen molar-refractivity contribution in [3.8, 4) is 0 Å². The molecule has 11 heteroatoms. The van der Waals surface area contributed by atoms with E-state index in [1.54, 1.807) is 6.07 Å². The molecule has 3 aromatic rings. The van der Waals surface area contributed by atoms with Gasteiger partial charge in [-0.3, -0.25) is 9.78 Å². The van der Waals surface area contributed by atoms with Crippen molar-refractivity contribution in [3.63, 3.8) is 0 Å². The fraction of sp³-hybridized carbons (Fsp3) is 0.393. The van der Waals surface area contributed by atoms with Crippen LogP contribution < -0.4 is 16.4 Å². The van der Waals surface area contributed by atoms with Crippen LogP contribution in [0.2, 0.25) is 10.0 Å². The second-order valence-corrected chi connectivity index (χ2v) is 11.8. The molecule has 0 aliphatic carbocycles. The molecule has 0 bridgehead atoms. The quantitative estimate of drug-likeness (QED) is 0.316. The molecular weight excluding hydrogens is 547 g/mol. The number of aliphatic hydroxyl groups excluding tert-OH is 1. The third-order valence-electron chi connectivity index (χ3n) is 6.94. The average Bonchev–Trinajstić information content (AvgIpc) is 3.13. The predicted octanol–water partition coefficient (Wildman–Crippen LogP) is 4.95. The highest BCUT2D eigenvalue weighted by Crippen LogP contribution is 2.50. The Labute approximate surface area is 236 Å². The summed E-state index contributed by atoms with van der Waals surface area (Å²) in [4.78, 5) is 22.2. The number of halogens is 4. The molecule has 0 saturated carbocycles. The van der Waals surface area contributed by atoms with Gasteiger partial charge in [-0.05, 0) is 35.6 Å². The molecule has 0 radical (unpaired) electrons. The molecule has 1 saturated heterocycles. The topological polar surface area (TPSA) is 113 Å². The molecule has 0 spiro atoms. The summed E-state index contributed by atoms with van der Waals surface area (Å²) in [5.74, 6) is -2.86. The number of carbonyl (C=O) groups excluding carboxylic acids is 1. The van der Waals surface area contributed by atoms with Gasteiger partial charge < -0.3 is 21.5 Å². The van der Waals surface area contributed by atoms with Gasteiger partial charge in [-0.1, -0.05) is 62.2 Å². The number of nitrogens with two attached hydrogens (primary N) is 1. The summed E-state index contributed by atoms with van der Waals surface area (Å²) in [5.41, 5.74) is 6.03. The van der Waals surface area contributed by atoms with E-state index in [0.29, 0.717) is 18.5 Å². The van der Waals surface area contributed by atoms with Gasteiger partial charge in [0.05, 0.1) is 34.7 Å². The van der Waals surface area contributed by atoms with E-state index in [1.165, 1.54) is 36.7 Å². The lowest BCUT2D eigenvalue weighted by Gasteiger charge is -2.40. The first-order valence-electron chi connectivity index (χ1n) is 12.5. The molecule has 2 heterocycles. The molecule has 39 heavy (non-hydrogen) atoms. The van der Waals surface area contributed by atoms with Crippen LogP contribution in [0, 0.1) is 17.0 Å². The van der Waals surface area contributed by atoms with Crippen LogP contribution in [-0.2, 0) is 16.8 Å². The number of aliphatic hydroxyl groups is 1. The van der Waals surface area contributed by atoms with Crippen molar-refractivity contribution < 1.29 is 18.7 Å². The van der Waals surface area contributed by atoms with Crippen LogP contribution in [0.25, 0.3) is 0 Å². The number of amides is 1. The van der Waals surface area contributed by atoms with Gasteiger partial charge in [0.2, 0.25) is 5.91 Å². The molecule has 2 aromatic carbocycles. The first-order chi connectivity index (χ1) is 18.3. The molecule has 5 N–H and O–H groups in total. The number of aromatic nitrogens is 2. The average molecular weight is 578 g/mol. The molecule has 1 fully saturated rings. The highest BCUT2D eigenvalue weighted by atomic mass is 35.5. The number of anilines is 1. The van der Waals surface area contributed by atoms with Crippen molar-refractivity contribution in [2.45, 2.75) is 57.2 Å². The normalized spacial score (nSPS) is 23.2. The summed E-state index contributed by atoms with van der Waals surface area (Å²) in [7, 11) is 0. The molecular formula is C28H31Cl2F2N5O2. The van der Waals surface area contributed by atoms with E-state index < -0.39 is 41.1 Å². The lowest BCUT2D eigenvalue weighted by atomic mass is 9.68. The Morgan fingerprint density at radius 1 is 1.18 bits per heavy atom. The monoisotopic (exact) mass is 577 g/mol. The summed E-state index contributed by atoms with van der Waals surface area (Å²) in [6.45, 7) is 5.91. The minimum Gasteiger partial charge on any atom is -0.396 e. The van der Waals surface area contributed by atoms with Crippen LogP contribution in [0.1, 0.15) is 49.9 Å². The zero-order valence-corrected chi connectivity index (χ0v) is 23.3. The standard InChI is InChI=1S/C28H31Cl2F2N5O2/c1-27(2,3)12-21-28(33,18-8-7-15(29)11-20(18)31)23(17-5-4-6-19(30)24(17)32)25(36-21)26(39)37-22-14-34-16(9-10-38)13-35-22/h4-8,11,13-14,21,23,25,36,38H,9-10,12,33H2,1-3H3,(H,35,37,39)/t21?,23-,25+,28+/m0/s1. The Morgan fingerprint density at radius 2 is 1.92 bits per heavy atom. The first kappa shape index (κ1) is 29.3. The SMILES string of the molecule is CC(C)(C)CC1N[C@@H](C(=O)Nc2cnc(CCO)cn2)[C@H](c2cccc(Cl)c2F)[C@@]1(N)c1ccc(Cl)cc1F. The van der Waals surface area contributed by atoms with E-state index in [4.69, 9.17) is 34.0 Å². The van der Waals surface area contributed by atoms with Crippen LogP contribution in [-0.4, -0.2) is 39.7 Å². The highest BCUT2D eigenvalue weighted by Gasteiger charge is 2.58. The molecule has 1 amide bonds. The Morgan fingerprint density at radius 3 is 2.54 bits per heavy atom. The molecule has 208 valence electrons. The molecule has 1 aliphatic rings. The third-order valence-corrected chi connectivity index (χ3v) is 7.47. The second kappa shape index (κ2) is 11.4. The fourth-order valence-corrected chi connectivity index (χ4v) is 5.61. The van der Waals surface area contributed by atoms with E-state index in [-0.39, 0.29) is 39.0 Å². The van der Waals surface area contributed by atoms with Gasteiger partial charge >= 0.3 is 0 Å². The second-order valence-electron chi connectivity index (χ2n) is 11.0. The Balaban J connectivity index is 1.85. The predicted molar refractivity (Wildman–Crippen MR) is 148 cm³/mol. The van der Waals surface area contributed by atoms with E-state index >= 15 is 8.78 Å². The van der Waals surface area contributed by atoms with Gasteiger partial charge in [0.15, 0.2) is 5.82 Å². The zero-order chi connectivity index (χ0) is 28.5. The van der Waals surface area contributed by atoms with Gasteiger partial charge in [-0.15, -0.1) is 0 Å². The highest BCUT2D eigenvalue weighted by molar-refractivity contribution is 6.31. The van der Waals surface area contributed by atoms with E-state index in [1.807, 2.05) is 20.8 Å². The summed E-state index contributed by atoms with van der Waals surface area (Å²) in [6, 6.07) is 6.89. The Kier molecular flexibility index (Phi) is 8.58. The maximum absolute atomic E-state index is 15.6. The van der Waals surface area contributed by atoms with Gasteiger partial charge in [-0.25, -0.2) is 13.8 Å². The van der Waals surface area contributed by atoms with Crippen LogP contribution in [0.15, 0.2) is 48.8 Å². The smallest absolute Gasteiger partial charge is 0.243 e. The minimum absolute atomic E-state index is 0.0767. The summed E-state index contributed by atoms with van der Waals surface area (Å²) >= 11 is 12.2. The van der Waals surface area contributed by atoms with Crippen LogP contribution >= 0.6 is 23.2 Å². The van der Waals surface area contributed by atoms with Crippen molar-refractivity contribution in [1.82, 2.24) is 15.3 Å². The summed E-state index contributed by atoms with van der Waals surface area (Å²) in [6.07, 6.45) is 3.57. The van der Waals surface area contributed by atoms with Gasteiger partial charge in [-0.2, -0.15) is 0 Å². The van der Waals surface area contributed by atoms with E-state index in [2.05, 4.69) is 20.6 Å². The van der Waals surface area contributed by atoms with Crippen LogP contribution in [0.4, 0.5) is 14.6 Å². The lowest BCUT2D eigenvalue weighted by Crippen LogP contribution is -2.52. The Bertz CT molecular complexity index is 1350. The molecule has 1 aromatic heterocycles. The summed E-state index contributed by atoms with van der Waals surface area (Å²) < 4.78 is 31.2. The number of hydrogen-bond donors (Lipinski definition) is 4. The van der Waals surface area contributed by atoms with Gasteiger partial charge in [0, 0.05) is 35.6 Å². The summed E-state index contributed by atoms with van der Waals surface area (Å²) in [5, 5.41) is 15.2. The molecule has 1 aliphatic heterocycles. The number of hydrogen-bond acceptors (Lipinski definition) is 6. The molecule has 4 rings (SSSR count). The van der Waals surface area contributed by atoms with Gasteiger partial charge in [0.1, 0.15) is 11.6 Å². The van der Waals surface area contributed by atoms with Crippen LogP contribution in [0.5, 0.6) is 0 Å². The van der Waals surface area contributed by atoms with Crippen molar-refractivity contribution >= 4 is 34.9 Å². The van der Waals surface area contributed by atoms with Crippen LogP contribution in [0.3, 0.4) is 0 Å². The number of rotatable bonds is 7. The number of benzene rings is 2. The van der Waals surface area contributed by atoms with Crippen molar-refractivity contribution in [3.05, 3.63) is 87.3 Å².